The van der Waals surface area contributed by atoms with Crippen LogP contribution in [0.3, 0.4) is 0 Å². The molecule has 2 atom stereocenters. The summed E-state index contributed by atoms with van der Waals surface area (Å²) < 4.78 is 11.7. The van der Waals surface area contributed by atoms with Crippen LogP contribution in [0, 0.1) is 5.92 Å². The van der Waals surface area contributed by atoms with Crippen molar-refractivity contribution in [1.29, 1.82) is 0 Å². The highest BCUT2D eigenvalue weighted by molar-refractivity contribution is 4.95. The van der Waals surface area contributed by atoms with Crippen molar-refractivity contribution in [2.24, 2.45) is 5.92 Å². The van der Waals surface area contributed by atoms with E-state index in [2.05, 4.69) is 32.9 Å². The second-order valence-electron chi connectivity index (χ2n) is 5.07. The molecule has 0 amide bonds. The van der Waals surface area contributed by atoms with Crippen molar-refractivity contribution in [3.8, 4) is 0 Å². The summed E-state index contributed by atoms with van der Waals surface area (Å²) in [5.41, 5.74) is 0. The molecular formula is C13H24O2. The molecule has 1 aliphatic heterocycles. The predicted molar refractivity (Wildman–Crippen MR) is 62.7 cm³/mol. The van der Waals surface area contributed by atoms with Crippen molar-refractivity contribution in [1.82, 2.24) is 0 Å². The zero-order valence-corrected chi connectivity index (χ0v) is 10.6. The summed E-state index contributed by atoms with van der Waals surface area (Å²) >= 11 is 0. The van der Waals surface area contributed by atoms with Gasteiger partial charge < -0.3 is 9.47 Å². The van der Waals surface area contributed by atoms with Crippen molar-refractivity contribution in [2.45, 2.75) is 65.5 Å². The lowest BCUT2D eigenvalue weighted by molar-refractivity contribution is -0.290. The monoisotopic (exact) mass is 212 g/mol. The van der Waals surface area contributed by atoms with Gasteiger partial charge >= 0.3 is 0 Å². The molecule has 1 fully saturated rings. The normalized spacial score (nSPS) is 31.3. The van der Waals surface area contributed by atoms with E-state index in [-0.39, 0.29) is 6.10 Å². The summed E-state index contributed by atoms with van der Waals surface area (Å²) in [5.74, 6) is 0.143. The Kier molecular flexibility index (Phi) is 4.35. The van der Waals surface area contributed by atoms with E-state index in [1.165, 1.54) is 0 Å². The lowest BCUT2D eigenvalue weighted by Gasteiger charge is -2.39. The first-order chi connectivity index (χ1) is 6.93. The van der Waals surface area contributed by atoms with Crippen LogP contribution in [-0.4, -0.2) is 18.0 Å². The lowest BCUT2D eigenvalue weighted by Crippen LogP contribution is -2.43. The summed E-state index contributed by atoms with van der Waals surface area (Å²) in [6.07, 6.45) is 6.95. The molecule has 0 unspecified atom stereocenters. The third-order valence-electron chi connectivity index (χ3n) is 2.55. The fraction of sp³-hybridized carbons (Fsp3) is 0.846. The van der Waals surface area contributed by atoms with Gasteiger partial charge in [-0.05, 0) is 26.2 Å². The Morgan fingerprint density at radius 2 is 2.00 bits per heavy atom. The van der Waals surface area contributed by atoms with Crippen LogP contribution in [0.5, 0.6) is 0 Å². The average molecular weight is 212 g/mol. The summed E-state index contributed by atoms with van der Waals surface area (Å²) in [6.45, 7) is 10.5. The molecule has 0 N–H and O–H groups in total. The summed E-state index contributed by atoms with van der Waals surface area (Å²) in [7, 11) is 0. The zero-order chi connectivity index (χ0) is 11.5. The minimum absolute atomic E-state index is 0.209. The van der Waals surface area contributed by atoms with E-state index in [1.807, 2.05) is 13.8 Å². The number of allylic oxidation sites excluding steroid dienone is 1. The van der Waals surface area contributed by atoms with Crippen molar-refractivity contribution in [2.75, 3.05) is 0 Å². The highest BCUT2D eigenvalue weighted by Crippen LogP contribution is 2.28. The maximum atomic E-state index is 5.85. The Morgan fingerprint density at radius 3 is 2.53 bits per heavy atom. The Morgan fingerprint density at radius 1 is 1.33 bits per heavy atom. The number of ether oxygens (including phenoxy) is 2. The van der Waals surface area contributed by atoms with Gasteiger partial charge in [-0.25, -0.2) is 0 Å². The Hall–Kier alpha value is -0.340. The van der Waals surface area contributed by atoms with Crippen molar-refractivity contribution in [3.05, 3.63) is 12.2 Å². The third kappa shape index (κ3) is 4.35. The maximum Gasteiger partial charge on any atom is 0.163 e. The zero-order valence-electron chi connectivity index (χ0n) is 10.6. The molecule has 2 heteroatoms. The average Bonchev–Trinajstić information content (AvgIpc) is 2.12. The Labute approximate surface area is 93.7 Å². The predicted octanol–water partition coefficient (Wildman–Crippen LogP) is 3.52. The quantitative estimate of drug-likeness (QED) is 0.666. The smallest absolute Gasteiger partial charge is 0.163 e. The number of rotatable bonds is 3. The standard InChI is InChI=1S/C13H24O2/c1-6-11-9-12(8-7-10(2)3)15-13(4,5)14-11/h7-8,10-12H,6,9H2,1-5H3/t11-,12+/m0/s1. The van der Waals surface area contributed by atoms with Gasteiger partial charge in [-0.15, -0.1) is 0 Å². The van der Waals surface area contributed by atoms with Gasteiger partial charge in [0.15, 0.2) is 5.79 Å². The summed E-state index contributed by atoms with van der Waals surface area (Å²) in [6, 6.07) is 0. The first kappa shape index (κ1) is 12.7. The summed E-state index contributed by atoms with van der Waals surface area (Å²) in [4.78, 5) is 0. The SMILES string of the molecule is CC[C@H]1C[C@@H](C=CC(C)C)OC(C)(C)O1. The molecule has 15 heavy (non-hydrogen) atoms. The van der Waals surface area contributed by atoms with Gasteiger partial charge in [-0.2, -0.15) is 0 Å². The van der Waals surface area contributed by atoms with Crippen LogP contribution >= 0.6 is 0 Å². The lowest BCUT2D eigenvalue weighted by atomic mass is 10.0. The van der Waals surface area contributed by atoms with E-state index in [0.29, 0.717) is 12.0 Å². The largest absolute Gasteiger partial charge is 0.347 e. The van der Waals surface area contributed by atoms with Crippen LogP contribution in [0.4, 0.5) is 0 Å². The molecule has 0 aromatic carbocycles. The van der Waals surface area contributed by atoms with Gasteiger partial charge in [0.1, 0.15) is 0 Å². The van der Waals surface area contributed by atoms with E-state index >= 15 is 0 Å². The van der Waals surface area contributed by atoms with E-state index < -0.39 is 5.79 Å². The highest BCUT2D eigenvalue weighted by Gasteiger charge is 2.33. The number of hydrogen-bond donors (Lipinski definition) is 0. The van der Waals surface area contributed by atoms with Gasteiger partial charge in [0, 0.05) is 6.42 Å². The molecule has 0 bridgehead atoms. The topological polar surface area (TPSA) is 18.5 Å². The highest BCUT2D eigenvalue weighted by atomic mass is 16.7. The second-order valence-corrected chi connectivity index (χ2v) is 5.07. The van der Waals surface area contributed by atoms with Gasteiger partial charge in [0.25, 0.3) is 0 Å². The fourth-order valence-electron chi connectivity index (χ4n) is 1.86. The first-order valence-electron chi connectivity index (χ1n) is 5.97. The molecule has 0 aromatic rings. The van der Waals surface area contributed by atoms with Crippen LogP contribution in [0.2, 0.25) is 0 Å². The number of hydrogen-bond acceptors (Lipinski definition) is 2. The second kappa shape index (κ2) is 5.13. The van der Waals surface area contributed by atoms with E-state index in [9.17, 15) is 0 Å². The Balaban J connectivity index is 2.58. The maximum absolute atomic E-state index is 5.85. The molecule has 0 radical (unpaired) electrons. The van der Waals surface area contributed by atoms with E-state index in [0.717, 1.165) is 12.8 Å². The van der Waals surface area contributed by atoms with Gasteiger partial charge in [-0.3, -0.25) is 0 Å². The van der Waals surface area contributed by atoms with Gasteiger partial charge in [0.05, 0.1) is 12.2 Å². The molecule has 0 saturated carbocycles. The minimum atomic E-state index is -0.440. The van der Waals surface area contributed by atoms with Crippen LogP contribution in [0.25, 0.3) is 0 Å². The van der Waals surface area contributed by atoms with Crippen molar-refractivity contribution < 1.29 is 9.47 Å². The van der Waals surface area contributed by atoms with Crippen LogP contribution in [0.1, 0.15) is 47.5 Å². The van der Waals surface area contributed by atoms with Crippen molar-refractivity contribution in [3.63, 3.8) is 0 Å². The van der Waals surface area contributed by atoms with Crippen LogP contribution in [0.15, 0.2) is 12.2 Å². The van der Waals surface area contributed by atoms with Crippen LogP contribution in [-0.2, 0) is 9.47 Å². The molecule has 2 nitrogen and oxygen atoms in total. The Bertz CT molecular complexity index is 219. The minimum Gasteiger partial charge on any atom is -0.347 e. The summed E-state index contributed by atoms with van der Waals surface area (Å²) in [5, 5.41) is 0. The molecule has 0 aromatic heterocycles. The molecule has 0 aliphatic carbocycles. The molecule has 1 saturated heterocycles. The molecule has 1 aliphatic rings. The molecular weight excluding hydrogens is 188 g/mol. The molecule has 88 valence electrons. The molecule has 0 spiro atoms. The van der Waals surface area contributed by atoms with Crippen molar-refractivity contribution >= 4 is 0 Å². The van der Waals surface area contributed by atoms with Gasteiger partial charge in [0.2, 0.25) is 0 Å². The first-order valence-corrected chi connectivity index (χ1v) is 5.97. The molecule has 1 heterocycles. The third-order valence-corrected chi connectivity index (χ3v) is 2.55. The van der Waals surface area contributed by atoms with E-state index in [4.69, 9.17) is 9.47 Å². The van der Waals surface area contributed by atoms with Crippen LogP contribution < -0.4 is 0 Å². The molecule has 1 rings (SSSR count). The van der Waals surface area contributed by atoms with Gasteiger partial charge in [-0.1, -0.05) is 32.9 Å². The fourth-order valence-corrected chi connectivity index (χ4v) is 1.86. The van der Waals surface area contributed by atoms with E-state index in [1.54, 1.807) is 0 Å².